The fourth-order valence-electron chi connectivity index (χ4n) is 2.81. The second-order valence-corrected chi connectivity index (χ2v) is 7.50. The normalized spacial score (nSPS) is 10.7. The summed E-state index contributed by atoms with van der Waals surface area (Å²) < 4.78 is 17.3. The van der Waals surface area contributed by atoms with Gasteiger partial charge in [0.25, 0.3) is 5.91 Å². The molecule has 144 valence electrons. The topological polar surface area (TPSA) is 54.0 Å². The Morgan fingerprint density at radius 2 is 1.79 bits per heavy atom. The second kappa shape index (κ2) is 8.51. The lowest BCUT2D eigenvalue weighted by molar-refractivity contribution is 0.102. The summed E-state index contributed by atoms with van der Waals surface area (Å²) in [5, 5.41) is 5.15. The fraction of sp³-hybridized carbons (Fsp3) is 0. The van der Waals surface area contributed by atoms with Gasteiger partial charge in [0, 0.05) is 39.7 Å². The Kier molecular flexibility index (Phi) is 5.64. The highest BCUT2D eigenvalue weighted by molar-refractivity contribution is 8.00. The van der Waals surface area contributed by atoms with Gasteiger partial charge in [-0.2, -0.15) is 0 Å². The van der Waals surface area contributed by atoms with Crippen LogP contribution in [0, 0.1) is 5.82 Å². The van der Waals surface area contributed by atoms with Gasteiger partial charge in [-0.25, -0.2) is 4.39 Å². The van der Waals surface area contributed by atoms with E-state index >= 15 is 0 Å². The zero-order valence-electron chi connectivity index (χ0n) is 15.0. The summed E-state index contributed by atoms with van der Waals surface area (Å²) in [5.41, 5.74) is 1.82. The molecule has 1 aromatic heterocycles. The van der Waals surface area contributed by atoms with Crippen molar-refractivity contribution in [1.82, 2.24) is 4.98 Å². The number of benzene rings is 3. The molecule has 0 fully saturated rings. The number of pyridine rings is 1. The smallest absolute Gasteiger partial charge is 0.256 e. The number of hydrogen-bond acceptors (Lipinski definition) is 4. The number of aromatic nitrogens is 1. The van der Waals surface area contributed by atoms with Crippen LogP contribution < -0.4 is 10.0 Å². The van der Waals surface area contributed by atoms with E-state index in [1.165, 1.54) is 12.1 Å². The fourth-order valence-corrected chi connectivity index (χ4v) is 3.65. The maximum Gasteiger partial charge on any atom is 0.256 e. The molecule has 7 heteroatoms. The zero-order valence-corrected chi connectivity index (χ0v) is 16.6. The predicted molar refractivity (Wildman–Crippen MR) is 117 cm³/mol. The van der Waals surface area contributed by atoms with Crippen LogP contribution in [0.2, 0.25) is 5.02 Å². The summed E-state index contributed by atoms with van der Waals surface area (Å²) in [6, 6.07) is 18.8. The molecule has 0 saturated carbocycles. The molecule has 0 aliphatic carbocycles. The van der Waals surface area contributed by atoms with E-state index in [1.54, 1.807) is 60.9 Å². The molecule has 1 heterocycles. The van der Waals surface area contributed by atoms with Crippen LogP contribution in [0.5, 0.6) is 0 Å². The van der Waals surface area contributed by atoms with Crippen LogP contribution in [0.1, 0.15) is 10.4 Å². The molecule has 29 heavy (non-hydrogen) atoms. The third-order valence-corrected chi connectivity index (χ3v) is 5.36. The third-order valence-electron chi connectivity index (χ3n) is 4.24. The lowest BCUT2D eigenvalue weighted by Gasteiger charge is -2.11. The van der Waals surface area contributed by atoms with Gasteiger partial charge < -0.3 is 10.0 Å². The van der Waals surface area contributed by atoms with Crippen molar-refractivity contribution >= 4 is 51.6 Å². The molecule has 4 aromatic rings. The first-order valence-electron chi connectivity index (χ1n) is 8.72. The van der Waals surface area contributed by atoms with Gasteiger partial charge in [0.05, 0.1) is 4.90 Å². The van der Waals surface area contributed by atoms with E-state index in [-0.39, 0.29) is 11.7 Å². The van der Waals surface area contributed by atoms with Crippen molar-refractivity contribution in [2.45, 2.75) is 4.90 Å². The van der Waals surface area contributed by atoms with E-state index < -0.39 is 0 Å². The third kappa shape index (κ3) is 4.50. The number of fused-ring (bicyclic) bond motifs is 1. The van der Waals surface area contributed by atoms with Crippen LogP contribution in [0.15, 0.2) is 84.0 Å². The van der Waals surface area contributed by atoms with Gasteiger partial charge in [0.2, 0.25) is 0 Å². The van der Waals surface area contributed by atoms with Crippen molar-refractivity contribution in [1.29, 1.82) is 0 Å². The van der Waals surface area contributed by atoms with Crippen LogP contribution in [0.3, 0.4) is 0 Å². The van der Waals surface area contributed by atoms with E-state index in [4.69, 9.17) is 11.6 Å². The highest BCUT2D eigenvalue weighted by Crippen LogP contribution is 2.28. The van der Waals surface area contributed by atoms with Crippen LogP contribution in [0.25, 0.3) is 10.8 Å². The minimum Gasteiger partial charge on any atom is -0.326 e. The van der Waals surface area contributed by atoms with Gasteiger partial charge in [-0.3, -0.25) is 9.78 Å². The first kappa shape index (κ1) is 19.2. The molecular weight excluding hydrogens is 409 g/mol. The number of carbonyl (C=O) groups is 1. The lowest BCUT2D eigenvalue weighted by atomic mass is 10.1. The molecule has 0 atom stereocenters. The maximum absolute atomic E-state index is 14.2. The average Bonchev–Trinajstić information content (AvgIpc) is 2.74. The zero-order chi connectivity index (χ0) is 20.2. The molecule has 3 aromatic carbocycles. The Balaban J connectivity index is 1.52. The molecule has 0 bridgehead atoms. The maximum atomic E-state index is 14.2. The second-order valence-electron chi connectivity index (χ2n) is 6.21. The summed E-state index contributed by atoms with van der Waals surface area (Å²) in [5.74, 6) is -0.652. The van der Waals surface area contributed by atoms with Crippen LogP contribution in [-0.4, -0.2) is 10.9 Å². The van der Waals surface area contributed by atoms with Crippen LogP contribution in [0.4, 0.5) is 15.8 Å². The molecule has 0 aliphatic rings. The number of amides is 1. The number of carbonyl (C=O) groups excluding carboxylic acids is 1. The number of halogens is 2. The molecule has 0 unspecified atom stereocenters. The van der Waals surface area contributed by atoms with Gasteiger partial charge >= 0.3 is 0 Å². The van der Waals surface area contributed by atoms with Crippen LogP contribution >= 0.6 is 23.5 Å². The Hall–Kier alpha value is -3.09. The lowest BCUT2D eigenvalue weighted by Crippen LogP contribution is -2.12. The van der Waals surface area contributed by atoms with E-state index in [2.05, 4.69) is 15.0 Å². The molecule has 0 spiro atoms. The quantitative estimate of drug-likeness (QED) is 0.365. The van der Waals surface area contributed by atoms with Gasteiger partial charge in [-0.15, -0.1) is 0 Å². The van der Waals surface area contributed by atoms with Crippen molar-refractivity contribution in [3.05, 3.63) is 95.5 Å². The van der Waals surface area contributed by atoms with Crippen molar-refractivity contribution in [3.8, 4) is 0 Å². The van der Waals surface area contributed by atoms with Gasteiger partial charge in [-0.1, -0.05) is 23.7 Å². The molecule has 0 aliphatic heterocycles. The molecule has 2 N–H and O–H groups in total. The summed E-state index contributed by atoms with van der Waals surface area (Å²) in [7, 11) is 0. The number of nitrogens with zero attached hydrogens (tertiary/aromatic N) is 1. The SMILES string of the molecule is O=C(Nc1ccc(F)c(SNc2ccc(Cl)cc2)c1)c1cccc2cnccc12. The van der Waals surface area contributed by atoms with E-state index in [0.29, 0.717) is 21.2 Å². The van der Waals surface area contributed by atoms with E-state index in [9.17, 15) is 9.18 Å². The highest BCUT2D eigenvalue weighted by atomic mass is 35.5. The molecular formula is C22H15ClFN3OS. The minimum atomic E-state index is -0.384. The first-order valence-corrected chi connectivity index (χ1v) is 9.92. The van der Waals surface area contributed by atoms with Crippen molar-refractivity contribution < 1.29 is 9.18 Å². The first-order chi connectivity index (χ1) is 14.1. The molecule has 4 nitrogen and oxygen atoms in total. The summed E-state index contributed by atoms with van der Waals surface area (Å²) in [6.45, 7) is 0. The number of hydrogen-bond donors (Lipinski definition) is 2. The van der Waals surface area contributed by atoms with Crippen molar-refractivity contribution in [2.75, 3.05) is 10.0 Å². The Labute approximate surface area is 176 Å². The number of anilines is 2. The highest BCUT2D eigenvalue weighted by Gasteiger charge is 2.12. The Bertz CT molecular complexity index is 1180. The van der Waals surface area contributed by atoms with Crippen molar-refractivity contribution in [2.24, 2.45) is 0 Å². The summed E-state index contributed by atoms with van der Waals surface area (Å²) >= 11 is 6.99. The number of rotatable bonds is 5. The monoisotopic (exact) mass is 423 g/mol. The predicted octanol–water partition coefficient (Wildman–Crippen LogP) is 6.40. The minimum absolute atomic E-state index is 0.269. The summed E-state index contributed by atoms with van der Waals surface area (Å²) in [4.78, 5) is 17.2. The standard InChI is InChI=1S/C22H15ClFN3OS/c23-15-4-6-16(7-5-15)27-29-21-12-17(8-9-20(21)24)26-22(28)19-3-1-2-14-13-25-11-10-18(14)19/h1-13,27H,(H,26,28). The Morgan fingerprint density at radius 3 is 2.62 bits per heavy atom. The average molecular weight is 424 g/mol. The largest absolute Gasteiger partial charge is 0.326 e. The Morgan fingerprint density at radius 1 is 1.00 bits per heavy atom. The molecule has 0 radical (unpaired) electrons. The molecule has 0 saturated heterocycles. The molecule has 4 rings (SSSR count). The van der Waals surface area contributed by atoms with Crippen molar-refractivity contribution in [3.63, 3.8) is 0 Å². The van der Waals surface area contributed by atoms with Gasteiger partial charge in [0.15, 0.2) is 0 Å². The van der Waals surface area contributed by atoms with E-state index in [0.717, 1.165) is 28.4 Å². The summed E-state index contributed by atoms with van der Waals surface area (Å²) in [6.07, 6.45) is 3.36. The van der Waals surface area contributed by atoms with Gasteiger partial charge in [-0.05, 0) is 71.9 Å². The van der Waals surface area contributed by atoms with Gasteiger partial charge in [0.1, 0.15) is 5.82 Å². The van der Waals surface area contributed by atoms with Crippen LogP contribution in [-0.2, 0) is 0 Å². The van der Waals surface area contributed by atoms with E-state index in [1.807, 2.05) is 6.07 Å². The number of nitrogens with one attached hydrogen (secondary N) is 2. The molecule has 1 amide bonds.